The van der Waals surface area contributed by atoms with Crippen molar-refractivity contribution in [2.24, 2.45) is 0 Å². The molecule has 7 fully saturated rings. The second-order valence-corrected chi connectivity index (χ2v) is 29.0. The molecule has 7 rings (SSSR count). The lowest BCUT2D eigenvalue weighted by Crippen LogP contribution is -2.72. The van der Waals surface area contributed by atoms with Gasteiger partial charge < -0.3 is 221 Å². The summed E-state index contributed by atoms with van der Waals surface area (Å²) in [6, 6.07) is -10.2. The van der Waals surface area contributed by atoms with Crippen molar-refractivity contribution in [3.05, 3.63) is 0 Å². The summed E-state index contributed by atoms with van der Waals surface area (Å²) in [5.74, 6) is -28.7. The van der Waals surface area contributed by atoms with Crippen molar-refractivity contribution in [3.63, 3.8) is 0 Å². The number of nitrogens with one attached hydrogen (secondary N) is 5. The number of hydrogen-bond acceptors (Lipinski definition) is 44. The molecule has 0 aliphatic carbocycles. The van der Waals surface area contributed by atoms with E-state index in [9.17, 15) is 176 Å². The molecule has 0 spiro atoms. The SMILES string of the molecule is CC(=O)N[C@@H]1[C@@H](O[C@@H]2O[C@H](CO)[C@H](O)[C@H](O[C@@H]3O[C@H](CO)[C@H](O)[C@H](O)[C@H]3O)[C@H]2O)[C@@H](O)[C@@H](CO[C@]2(C(=O)O)C[C@H](O)[C@@H](NC(C)=O)[C@H]([C@H](O)[C@@H](CO)O[C@]3(C(=O)O)C[C@H](O)[C@@H](NC(C)=O)[C@H]([C@H](O)[C@@H](CO)O[C@]4(C(=O)O)C[C@H](O)[C@@H](NC(C)=O)[C@H]([C@H](O)[C@@H](CO)O[C@]5(C(=O)O)C[C@H](O)[C@@H](NC(C)=O)[C@H]([C@H](O)[C@H](O)CO)O5)O4)O3)O2)O[C@@H]1O. The third-order valence-corrected chi connectivity index (χ3v) is 20.5. The van der Waals surface area contributed by atoms with E-state index in [1.54, 1.807) is 0 Å². The maximum Gasteiger partial charge on any atom is 0.364 e. The lowest BCUT2D eigenvalue weighted by atomic mass is 9.86. The Labute approximate surface area is 659 Å². The molecule has 53 heteroatoms. The minimum absolute atomic E-state index is 0.787. The largest absolute Gasteiger partial charge is 0.477 e. The Morgan fingerprint density at radius 3 is 0.983 bits per heavy atom. The molecular formula is C64H103N5O48. The van der Waals surface area contributed by atoms with Crippen LogP contribution in [0.5, 0.6) is 0 Å². The first kappa shape index (κ1) is 97.9. The number of aliphatic carboxylic acids is 4. The van der Waals surface area contributed by atoms with E-state index >= 15 is 0 Å². The number of rotatable bonds is 36. The molecule has 0 aromatic heterocycles. The highest BCUT2D eigenvalue weighted by molar-refractivity contribution is 5.79. The molecule has 39 atom stereocenters. The second-order valence-electron chi connectivity index (χ2n) is 29.0. The minimum Gasteiger partial charge on any atom is -0.477 e. The molecule has 5 amide bonds. The van der Waals surface area contributed by atoms with Crippen LogP contribution in [0.2, 0.25) is 0 Å². The zero-order chi connectivity index (χ0) is 87.9. The number of carboxylic acids is 4. The maximum atomic E-state index is 13.8. The monoisotopic (exact) mass is 1710 g/mol. The van der Waals surface area contributed by atoms with Crippen LogP contribution in [0, 0.1) is 0 Å². The summed E-state index contributed by atoms with van der Waals surface area (Å²) in [5, 5.41) is 299. The first-order valence-corrected chi connectivity index (χ1v) is 36.1. The number of carbonyl (C=O) groups is 9. The predicted molar refractivity (Wildman–Crippen MR) is 359 cm³/mol. The standard InChI is InChI=1S/C64H103N5O48/c1-17(76)65-33-23(82)7-62(58(99)100,115-49(33)38(86)26(85)10-70)111-30(14-74)42(90)51-35(67-19(3)78)25(84)9-64(117-51,60(103)104)113-31(15-75)43(91)52-36(68-20(4)79)24(83)8-63(116-52,59(101)102)112-29(13-73)41(89)50-34(66-18(2)77)22(81)6-61(114-50,57(97)98)105-16-32-44(92)48(37(54(96)106-32)69-21(5)80)109-56-47(95)53(40(88)28(12-72)108-56)110-55-46(94)45(93)39(87)27(11-71)107-55/h22-56,70-75,81-96H,6-16H2,1-5H3,(H,65,76)(H,66,77)(H,67,78)(H,68,79)(H,69,80)(H,97,98)(H,99,100)(H,101,102)(H,103,104)/t22-,23-,24-,25-,26+,27+,28+,29+,30+,31+,32+,33+,34+,35+,36+,37+,38+,39-,40-,41+,42+,43+,44-,45-,46+,47+,48+,49+,50+,51+,52+,53-,54-,55-,56-,61+,62+,63+,64+/m0/s1. The van der Waals surface area contributed by atoms with Gasteiger partial charge in [-0.2, -0.15) is 0 Å². The number of carboxylic acid groups (broad SMARTS) is 4. The number of amides is 5. The first-order valence-electron chi connectivity index (χ1n) is 36.1. The fraction of sp³-hybridized carbons (Fsp3) is 0.859. The van der Waals surface area contributed by atoms with Gasteiger partial charge in [0.25, 0.3) is 23.1 Å². The number of ether oxygens (including phenoxy) is 13. The molecule has 0 bridgehead atoms. The summed E-state index contributed by atoms with van der Waals surface area (Å²) in [6.07, 6.45) is -75.7. The van der Waals surface area contributed by atoms with E-state index in [0.717, 1.165) is 34.6 Å². The van der Waals surface area contributed by atoms with Crippen LogP contribution in [0.3, 0.4) is 0 Å². The van der Waals surface area contributed by atoms with E-state index in [1.807, 2.05) is 0 Å². The molecule has 0 aromatic carbocycles. The molecule has 53 nitrogen and oxygen atoms in total. The average Bonchev–Trinajstić information content (AvgIpc) is 0.527. The average molecular weight is 1710 g/mol. The Morgan fingerprint density at radius 2 is 0.658 bits per heavy atom. The molecule has 0 radical (unpaired) electrons. The van der Waals surface area contributed by atoms with Crippen LogP contribution in [-0.4, -0.2) is 469 Å². The Kier molecular flexibility index (Phi) is 34.1. The van der Waals surface area contributed by atoms with Crippen molar-refractivity contribution >= 4 is 53.4 Å². The number of carbonyl (C=O) groups excluding carboxylic acids is 5. The van der Waals surface area contributed by atoms with Crippen LogP contribution in [0.1, 0.15) is 60.3 Å². The second kappa shape index (κ2) is 40.7. The van der Waals surface area contributed by atoms with Gasteiger partial charge in [0, 0.05) is 60.3 Å². The molecular weight excluding hydrogens is 1610 g/mol. The van der Waals surface area contributed by atoms with Gasteiger partial charge in [-0.15, -0.1) is 0 Å². The van der Waals surface area contributed by atoms with Crippen molar-refractivity contribution in [1.29, 1.82) is 0 Å². The van der Waals surface area contributed by atoms with Gasteiger partial charge in [-0.1, -0.05) is 0 Å². The van der Waals surface area contributed by atoms with Gasteiger partial charge in [-0.25, -0.2) is 19.2 Å². The molecule has 0 saturated carbocycles. The molecule has 7 saturated heterocycles. The van der Waals surface area contributed by atoms with Crippen molar-refractivity contribution in [3.8, 4) is 0 Å². The maximum absolute atomic E-state index is 13.8. The number of hydrogen-bond donors (Lipinski definition) is 31. The molecule has 31 N–H and O–H groups in total. The van der Waals surface area contributed by atoms with Crippen LogP contribution >= 0.6 is 0 Å². The third kappa shape index (κ3) is 21.7. The Balaban J connectivity index is 1.18. The van der Waals surface area contributed by atoms with E-state index in [-0.39, 0.29) is 0 Å². The van der Waals surface area contributed by atoms with Gasteiger partial charge in [-0.05, 0) is 0 Å². The fourth-order valence-electron chi connectivity index (χ4n) is 14.7. The van der Waals surface area contributed by atoms with Crippen LogP contribution < -0.4 is 26.6 Å². The molecule has 7 aliphatic rings. The molecule has 117 heavy (non-hydrogen) atoms. The quantitative estimate of drug-likeness (QED) is 0.0277. The summed E-state index contributed by atoms with van der Waals surface area (Å²) < 4.78 is 73.6. The highest BCUT2D eigenvalue weighted by atomic mass is 16.8. The van der Waals surface area contributed by atoms with Crippen molar-refractivity contribution in [2.75, 3.05) is 46.2 Å². The Morgan fingerprint density at radius 1 is 0.359 bits per heavy atom. The summed E-state index contributed by atoms with van der Waals surface area (Å²) in [7, 11) is 0. The lowest BCUT2D eigenvalue weighted by Gasteiger charge is -2.51. The van der Waals surface area contributed by atoms with E-state index in [1.165, 1.54) is 0 Å². The predicted octanol–water partition coefficient (Wildman–Crippen LogP) is -18.7. The van der Waals surface area contributed by atoms with Crippen LogP contribution in [-0.2, 0) is 105 Å². The topological polar surface area (TPSA) is 860 Å². The van der Waals surface area contributed by atoms with Crippen LogP contribution in [0.15, 0.2) is 0 Å². The fourth-order valence-corrected chi connectivity index (χ4v) is 14.7. The van der Waals surface area contributed by atoms with Gasteiger partial charge in [0.1, 0.15) is 146 Å². The van der Waals surface area contributed by atoms with Gasteiger partial charge in [-0.3, -0.25) is 24.0 Å². The van der Waals surface area contributed by atoms with Crippen LogP contribution in [0.4, 0.5) is 0 Å². The van der Waals surface area contributed by atoms with Gasteiger partial charge in [0.15, 0.2) is 18.9 Å². The van der Waals surface area contributed by atoms with Crippen LogP contribution in [0.25, 0.3) is 0 Å². The summed E-state index contributed by atoms with van der Waals surface area (Å²) in [5.41, 5.74) is 0. The third-order valence-electron chi connectivity index (χ3n) is 20.5. The van der Waals surface area contributed by atoms with E-state index in [4.69, 9.17) is 61.6 Å². The van der Waals surface area contributed by atoms with Crippen molar-refractivity contribution in [2.45, 2.75) is 297 Å². The molecule has 7 heterocycles. The molecule has 7 aliphatic heterocycles. The Hall–Kier alpha value is -6.17. The van der Waals surface area contributed by atoms with Gasteiger partial charge >= 0.3 is 23.9 Å². The smallest absolute Gasteiger partial charge is 0.364 e. The highest BCUT2D eigenvalue weighted by Gasteiger charge is 2.65. The summed E-state index contributed by atoms with van der Waals surface area (Å²) in [6.45, 7) is -5.51. The zero-order valence-corrected chi connectivity index (χ0v) is 62.6. The minimum atomic E-state index is -3.69. The molecule has 0 aromatic rings. The van der Waals surface area contributed by atoms with E-state index in [0.29, 0.717) is 0 Å². The zero-order valence-electron chi connectivity index (χ0n) is 62.6. The van der Waals surface area contributed by atoms with E-state index < -0.39 is 362 Å². The number of aliphatic hydroxyl groups excluding tert-OH is 22. The Bertz CT molecular complexity index is 3380. The lowest BCUT2D eigenvalue weighted by molar-refractivity contribution is -0.375. The highest BCUT2D eigenvalue weighted by Crippen LogP contribution is 2.44. The van der Waals surface area contributed by atoms with E-state index in [2.05, 4.69) is 26.6 Å². The van der Waals surface area contributed by atoms with Gasteiger partial charge in [0.05, 0.1) is 94.8 Å². The van der Waals surface area contributed by atoms with Gasteiger partial charge in [0.2, 0.25) is 29.5 Å². The van der Waals surface area contributed by atoms with Crippen molar-refractivity contribution < 1.29 is 237 Å². The first-order chi connectivity index (χ1) is 54.6. The number of aliphatic hydroxyl groups is 22. The summed E-state index contributed by atoms with van der Waals surface area (Å²) >= 11 is 0. The van der Waals surface area contributed by atoms with Crippen molar-refractivity contribution in [1.82, 2.24) is 26.6 Å². The normalized spacial score (nSPS) is 41.4. The summed E-state index contributed by atoms with van der Waals surface area (Å²) in [4.78, 5) is 117. The molecule has 672 valence electrons. The molecule has 0 unspecified atom stereocenters.